The average molecular weight is 353 g/mol. The summed E-state index contributed by atoms with van der Waals surface area (Å²) in [6.45, 7) is 3.81. The second-order valence-corrected chi connectivity index (χ2v) is 6.14. The number of rotatable bonds is 6. The first-order valence-corrected chi connectivity index (χ1v) is 8.43. The zero-order valence-electron chi connectivity index (χ0n) is 14.7. The maximum absolute atomic E-state index is 13.6. The van der Waals surface area contributed by atoms with Gasteiger partial charge in [-0.3, -0.25) is 9.78 Å². The molecule has 1 aromatic carbocycles. The lowest BCUT2D eigenvalue weighted by Crippen LogP contribution is -2.15. The number of hydrogen-bond acceptors (Lipinski definition) is 5. The van der Waals surface area contributed by atoms with Crippen molar-refractivity contribution >= 4 is 22.8 Å². The Labute approximate surface area is 150 Å². The lowest BCUT2D eigenvalue weighted by molar-refractivity contribution is 0.100. The molecule has 0 saturated heterocycles. The number of primary amides is 1. The summed E-state index contributed by atoms with van der Waals surface area (Å²) >= 11 is 0. The number of aryl methyl sites for hydroxylation is 1. The van der Waals surface area contributed by atoms with Gasteiger partial charge in [0.25, 0.3) is 5.91 Å². The molecule has 26 heavy (non-hydrogen) atoms. The zero-order valence-corrected chi connectivity index (χ0v) is 14.7. The molecule has 134 valence electrons. The molecule has 2 heterocycles. The Bertz CT molecular complexity index is 960. The smallest absolute Gasteiger partial charge is 0.251 e. The number of nitrogens with two attached hydrogens (primary N) is 1. The summed E-state index contributed by atoms with van der Waals surface area (Å²) in [4.78, 5) is 24.4. The van der Waals surface area contributed by atoms with E-state index in [0.29, 0.717) is 28.0 Å². The maximum atomic E-state index is 13.6. The fourth-order valence-corrected chi connectivity index (χ4v) is 2.93. The van der Waals surface area contributed by atoms with Gasteiger partial charge in [0.05, 0.1) is 11.6 Å². The Morgan fingerprint density at radius 1 is 1.23 bits per heavy atom. The van der Waals surface area contributed by atoms with Crippen molar-refractivity contribution in [1.29, 1.82) is 0 Å². The van der Waals surface area contributed by atoms with Crippen LogP contribution in [-0.4, -0.2) is 20.9 Å². The standard InChI is InChI=1S/C19H20FN5O/c1-3-4-15(12-5-6-14(20)11(2)9-12)25-19-17-16(23-10-24-19)13(18(21)26)7-8-22-17/h5-10,15H,3-4H2,1-2H3,(H2,21,26)(H,23,24,25)/t15-/m1/s1. The number of anilines is 1. The molecule has 3 rings (SSSR count). The van der Waals surface area contributed by atoms with Crippen molar-refractivity contribution < 1.29 is 9.18 Å². The van der Waals surface area contributed by atoms with E-state index in [-0.39, 0.29) is 11.9 Å². The van der Waals surface area contributed by atoms with Crippen molar-refractivity contribution in [1.82, 2.24) is 15.0 Å². The number of amides is 1. The molecule has 1 amide bonds. The first-order chi connectivity index (χ1) is 12.5. The molecule has 2 aromatic heterocycles. The molecule has 7 heteroatoms. The van der Waals surface area contributed by atoms with E-state index in [2.05, 4.69) is 27.2 Å². The molecule has 0 unspecified atom stereocenters. The Hall–Kier alpha value is -3.09. The van der Waals surface area contributed by atoms with Crippen LogP contribution in [0.25, 0.3) is 11.0 Å². The highest BCUT2D eigenvalue weighted by atomic mass is 19.1. The van der Waals surface area contributed by atoms with Crippen molar-refractivity contribution in [3.05, 3.63) is 59.3 Å². The molecule has 0 aliphatic heterocycles. The quantitative estimate of drug-likeness (QED) is 0.707. The summed E-state index contributed by atoms with van der Waals surface area (Å²) in [5.41, 5.74) is 8.15. The first-order valence-electron chi connectivity index (χ1n) is 8.43. The number of aromatic nitrogens is 3. The third-order valence-corrected chi connectivity index (χ3v) is 4.26. The van der Waals surface area contributed by atoms with Gasteiger partial charge in [0.15, 0.2) is 5.82 Å². The van der Waals surface area contributed by atoms with Crippen LogP contribution in [0.5, 0.6) is 0 Å². The molecule has 0 radical (unpaired) electrons. The number of nitrogens with zero attached hydrogens (tertiary/aromatic N) is 3. The molecule has 0 bridgehead atoms. The molecule has 3 N–H and O–H groups in total. The lowest BCUT2D eigenvalue weighted by Gasteiger charge is -2.20. The second-order valence-electron chi connectivity index (χ2n) is 6.14. The van der Waals surface area contributed by atoms with Crippen molar-refractivity contribution in [2.24, 2.45) is 5.73 Å². The van der Waals surface area contributed by atoms with E-state index in [1.165, 1.54) is 24.7 Å². The number of hydrogen-bond donors (Lipinski definition) is 2. The van der Waals surface area contributed by atoms with E-state index in [1.807, 2.05) is 6.07 Å². The lowest BCUT2D eigenvalue weighted by atomic mass is 10.00. The van der Waals surface area contributed by atoms with Crippen LogP contribution in [0.1, 0.15) is 47.3 Å². The average Bonchev–Trinajstić information content (AvgIpc) is 2.63. The molecule has 3 aromatic rings. The van der Waals surface area contributed by atoms with Gasteiger partial charge in [-0.05, 0) is 36.6 Å². The van der Waals surface area contributed by atoms with Gasteiger partial charge in [-0.1, -0.05) is 25.5 Å². The van der Waals surface area contributed by atoms with Crippen molar-refractivity contribution in [2.45, 2.75) is 32.7 Å². The van der Waals surface area contributed by atoms with Crippen molar-refractivity contribution in [2.75, 3.05) is 5.32 Å². The van der Waals surface area contributed by atoms with Gasteiger partial charge in [-0.15, -0.1) is 0 Å². The van der Waals surface area contributed by atoms with E-state index in [9.17, 15) is 9.18 Å². The first kappa shape index (κ1) is 17.7. The van der Waals surface area contributed by atoms with Crippen LogP contribution in [0, 0.1) is 12.7 Å². The van der Waals surface area contributed by atoms with Gasteiger partial charge >= 0.3 is 0 Å². The van der Waals surface area contributed by atoms with Gasteiger partial charge in [0.2, 0.25) is 0 Å². The molecular formula is C19H20FN5O. The number of nitrogens with one attached hydrogen (secondary N) is 1. The topological polar surface area (TPSA) is 93.8 Å². The molecule has 6 nitrogen and oxygen atoms in total. The van der Waals surface area contributed by atoms with Gasteiger partial charge in [-0.25, -0.2) is 14.4 Å². The highest BCUT2D eigenvalue weighted by Gasteiger charge is 2.17. The second kappa shape index (κ2) is 7.43. The van der Waals surface area contributed by atoms with Crippen LogP contribution in [0.15, 0.2) is 36.8 Å². The van der Waals surface area contributed by atoms with Crippen LogP contribution in [0.3, 0.4) is 0 Å². The summed E-state index contributed by atoms with van der Waals surface area (Å²) in [7, 11) is 0. The predicted molar refractivity (Wildman–Crippen MR) is 98.3 cm³/mol. The SMILES string of the molecule is CCC[C@@H](Nc1ncnc2c(C(N)=O)ccnc12)c1ccc(F)c(C)c1. The molecule has 0 spiro atoms. The van der Waals surface area contributed by atoms with E-state index >= 15 is 0 Å². The van der Waals surface area contributed by atoms with Gasteiger partial charge < -0.3 is 11.1 Å². The predicted octanol–water partition coefficient (Wildman–Crippen LogP) is 3.52. The van der Waals surface area contributed by atoms with Crippen molar-refractivity contribution in [3.63, 3.8) is 0 Å². The van der Waals surface area contributed by atoms with Gasteiger partial charge in [0.1, 0.15) is 23.2 Å². The molecule has 0 aliphatic carbocycles. The molecule has 0 saturated carbocycles. The zero-order chi connectivity index (χ0) is 18.7. The number of carbonyl (C=O) groups is 1. The van der Waals surface area contributed by atoms with Gasteiger partial charge in [-0.2, -0.15) is 0 Å². The fraction of sp³-hybridized carbons (Fsp3) is 0.263. The molecule has 0 fully saturated rings. The normalized spacial score (nSPS) is 12.1. The largest absolute Gasteiger partial charge is 0.366 e. The minimum absolute atomic E-state index is 0.0727. The van der Waals surface area contributed by atoms with E-state index in [1.54, 1.807) is 13.0 Å². The summed E-state index contributed by atoms with van der Waals surface area (Å²) in [6, 6.07) is 6.52. The molecular weight excluding hydrogens is 333 g/mol. The summed E-state index contributed by atoms with van der Waals surface area (Å²) < 4.78 is 13.6. The number of halogens is 1. The number of pyridine rings is 1. The summed E-state index contributed by atoms with van der Waals surface area (Å²) in [5, 5.41) is 3.36. The highest BCUT2D eigenvalue weighted by molar-refractivity contribution is 6.05. The van der Waals surface area contributed by atoms with E-state index in [0.717, 1.165) is 18.4 Å². The molecule has 1 atom stereocenters. The maximum Gasteiger partial charge on any atom is 0.251 e. The van der Waals surface area contributed by atoms with Gasteiger partial charge in [0, 0.05) is 6.20 Å². The number of fused-ring (bicyclic) bond motifs is 1. The summed E-state index contributed by atoms with van der Waals surface area (Å²) in [5.74, 6) is -0.288. The van der Waals surface area contributed by atoms with Crippen LogP contribution < -0.4 is 11.1 Å². The van der Waals surface area contributed by atoms with Crippen LogP contribution >= 0.6 is 0 Å². The third-order valence-electron chi connectivity index (χ3n) is 4.26. The number of carbonyl (C=O) groups excluding carboxylic acids is 1. The Morgan fingerprint density at radius 3 is 2.73 bits per heavy atom. The van der Waals surface area contributed by atoms with Crippen LogP contribution in [0.2, 0.25) is 0 Å². The molecule has 0 aliphatic rings. The Kier molecular flexibility index (Phi) is 5.06. The van der Waals surface area contributed by atoms with E-state index in [4.69, 9.17) is 5.73 Å². The van der Waals surface area contributed by atoms with E-state index < -0.39 is 5.91 Å². The number of benzene rings is 1. The van der Waals surface area contributed by atoms with Crippen molar-refractivity contribution in [3.8, 4) is 0 Å². The van der Waals surface area contributed by atoms with Crippen LogP contribution in [0.4, 0.5) is 10.2 Å². The minimum atomic E-state index is -0.568. The Balaban J connectivity index is 2.03. The monoisotopic (exact) mass is 353 g/mol. The third kappa shape index (κ3) is 3.46. The minimum Gasteiger partial charge on any atom is -0.366 e. The highest BCUT2D eigenvalue weighted by Crippen LogP contribution is 2.28. The Morgan fingerprint density at radius 2 is 2.04 bits per heavy atom. The van der Waals surface area contributed by atoms with Crippen LogP contribution in [-0.2, 0) is 0 Å². The fourth-order valence-electron chi connectivity index (χ4n) is 2.93. The summed E-state index contributed by atoms with van der Waals surface area (Å²) in [6.07, 6.45) is 4.63.